The summed E-state index contributed by atoms with van der Waals surface area (Å²) in [5, 5.41) is 3.25. The first-order valence-corrected chi connectivity index (χ1v) is 7.75. The van der Waals surface area contributed by atoms with Crippen LogP contribution in [-0.2, 0) is 4.79 Å². The second-order valence-electron chi connectivity index (χ2n) is 5.20. The zero-order chi connectivity index (χ0) is 13.9. The molecule has 0 radical (unpaired) electrons. The van der Waals surface area contributed by atoms with Crippen LogP contribution in [0.3, 0.4) is 0 Å². The zero-order valence-corrected chi connectivity index (χ0v) is 12.8. The van der Waals surface area contributed by atoms with Gasteiger partial charge in [-0.1, -0.05) is 0 Å². The topological polar surface area (TPSA) is 61.4 Å². The molecule has 1 aromatic rings. The van der Waals surface area contributed by atoms with E-state index in [0.717, 1.165) is 56.1 Å². The average molecular weight is 340 g/mol. The van der Waals surface area contributed by atoms with Crippen LogP contribution in [0, 0.1) is 5.92 Å². The molecule has 1 atom stereocenters. The monoisotopic (exact) mass is 339 g/mol. The first kappa shape index (κ1) is 13.8. The molecule has 2 saturated heterocycles. The van der Waals surface area contributed by atoms with Crippen LogP contribution in [0.2, 0.25) is 0 Å². The molecule has 108 valence electrons. The SMILES string of the molecule is O=C(C1CCNC1)N1CCN(c2ncc(Br)cn2)CC1. The summed E-state index contributed by atoms with van der Waals surface area (Å²) in [5.41, 5.74) is 0. The van der Waals surface area contributed by atoms with Gasteiger partial charge in [0, 0.05) is 45.1 Å². The van der Waals surface area contributed by atoms with Gasteiger partial charge >= 0.3 is 0 Å². The van der Waals surface area contributed by atoms with Crippen molar-refractivity contribution in [2.75, 3.05) is 44.2 Å². The molecule has 1 unspecified atom stereocenters. The van der Waals surface area contributed by atoms with Crippen molar-refractivity contribution in [2.45, 2.75) is 6.42 Å². The van der Waals surface area contributed by atoms with E-state index < -0.39 is 0 Å². The molecule has 7 heteroatoms. The van der Waals surface area contributed by atoms with Gasteiger partial charge in [0.15, 0.2) is 0 Å². The third kappa shape index (κ3) is 2.93. The predicted molar refractivity (Wildman–Crippen MR) is 79.5 cm³/mol. The number of rotatable bonds is 2. The average Bonchev–Trinajstić information content (AvgIpc) is 3.02. The highest BCUT2D eigenvalue weighted by molar-refractivity contribution is 9.10. The number of hydrogen-bond acceptors (Lipinski definition) is 5. The summed E-state index contributed by atoms with van der Waals surface area (Å²) >= 11 is 3.33. The molecular formula is C13H18BrN5O. The van der Waals surface area contributed by atoms with Crippen molar-refractivity contribution >= 4 is 27.8 Å². The van der Waals surface area contributed by atoms with E-state index in [1.165, 1.54) is 0 Å². The Hall–Kier alpha value is -1.21. The first-order valence-electron chi connectivity index (χ1n) is 6.96. The molecule has 6 nitrogen and oxygen atoms in total. The molecule has 0 bridgehead atoms. The molecule has 0 aromatic carbocycles. The Labute approximate surface area is 126 Å². The summed E-state index contributed by atoms with van der Waals surface area (Å²) in [5.74, 6) is 1.21. The summed E-state index contributed by atoms with van der Waals surface area (Å²) in [6, 6.07) is 0. The molecule has 0 saturated carbocycles. The van der Waals surface area contributed by atoms with E-state index in [0.29, 0.717) is 5.91 Å². The van der Waals surface area contributed by atoms with Gasteiger partial charge in [-0.05, 0) is 28.9 Å². The first-order chi connectivity index (χ1) is 9.74. The summed E-state index contributed by atoms with van der Waals surface area (Å²) < 4.78 is 0.879. The fourth-order valence-corrected chi connectivity index (χ4v) is 2.92. The fourth-order valence-electron chi connectivity index (χ4n) is 2.72. The van der Waals surface area contributed by atoms with Crippen LogP contribution in [-0.4, -0.2) is 60.0 Å². The quantitative estimate of drug-likeness (QED) is 0.850. The lowest BCUT2D eigenvalue weighted by Crippen LogP contribution is -2.51. The molecular weight excluding hydrogens is 322 g/mol. The van der Waals surface area contributed by atoms with E-state index >= 15 is 0 Å². The number of amides is 1. The lowest BCUT2D eigenvalue weighted by molar-refractivity contribution is -0.135. The number of halogens is 1. The van der Waals surface area contributed by atoms with Crippen LogP contribution in [0.5, 0.6) is 0 Å². The van der Waals surface area contributed by atoms with Gasteiger partial charge in [-0.25, -0.2) is 9.97 Å². The zero-order valence-electron chi connectivity index (χ0n) is 11.3. The van der Waals surface area contributed by atoms with E-state index in [4.69, 9.17) is 0 Å². The van der Waals surface area contributed by atoms with Crippen molar-refractivity contribution < 1.29 is 4.79 Å². The molecule has 2 aliphatic rings. The van der Waals surface area contributed by atoms with Gasteiger partial charge in [0.2, 0.25) is 11.9 Å². The highest BCUT2D eigenvalue weighted by Gasteiger charge is 2.29. The van der Waals surface area contributed by atoms with Crippen molar-refractivity contribution in [3.63, 3.8) is 0 Å². The molecule has 1 amide bonds. The lowest BCUT2D eigenvalue weighted by atomic mass is 10.1. The third-order valence-electron chi connectivity index (χ3n) is 3.89. The number of carbonyl (C=O) groups excluding carboxylic acids is 1. The van der Waals surface area contributed by atoms with Crippen molar-refractivity contribution in [1.82, 2.24) is 20.2 Å². The highest BCUT2D eigenvalue weighted by atomic mass is 79.9. The third-order valence-corrected chi connectivity index (χ3v) is 4.30. The number of nitrogens with one attached hydrogen (secondary N) is 1. The van der Waals surface area contributed by atoms with Crippen LogP contribution in [0.25, 0.3) is 0 Å². The molecule has 2 aliphatic heterocycles. The van der Waals surface area contributed by atoms with E-state index in [9.17, 15) is 4.79 Å². The molecule has 1 aromatic heterocycles. The van der Waals surface area contributed by atoms with Crippen molar-refractivity contribution in [2.24, 2.45) is 5.92 Å². The van der Waals surface area contributed by atoms with Gasteiger partial charge in [-0.15, -0.1) is 0 Å². The molecule has 2 fully saturated rings. The molecule has 3 heterocycles. The Morgan fingerprint density at radius 3 is 2.55 bits per heavy atom. The van der Waals surface area contributed by atoms with Crippen LogP contribution >= 0.6 is 15.9 Å². The Morgan fingerprint density at radius 2 is 1.95 bits per heavy atom. The van der Waals surface area contributed by atoms with Gasteiger partial charge in [-0.2, -0.15) is 0 Å². The largest absolute Gasteiger partial charge is 0.339 e. The van der Waals surface area contributed by atoms with Gasteiger partial charge in [0.25, 0.3) is 0 Å². The van der Waals surface area contributed by atoms with Crippen LogP contribution < -0.4 is 10.2 Å². The maximum atomic E-state index is 12.3. The Morgan fingerprint density at radius 1 is 1.25 bits per heavy atom. The second kappa shape index (κ2) is 6.05. The molecule has 0 spiro atoms. The standard InChI is InChI=1S/C13H18BrN5O/c14-11-8-16-13(17-9-11)19-5-3-18(4-6-19)12(20)10-1-2-15-7-10/h8-10,15H,1-7H2. The number of hydrogen-bond donors (Lipinski definition) is 1. The van der Waals surface area contributed by atoms with Gasteiger partial charge < -0.3 is 15.1 Å². The number of piperazine rings is 1. The Balaban J connectivity index is 1.56. The minimum Gasteiger partial charge on any atom is -0.339 e. The Bertz CT molecular complexity index is 466. The number of aromatic nitrogens is 2. The minimum absolute atomic E-state index is 0.172. The van der Waals surface area contributed by atoms with Crippen LogP contribution in [0.15, 0.2) is 16.9 Å². The lowest BCUT2D eigenvalue weighted by Gasteiger charge is -2.35. The Kier molecular flexibility index (Phi) is 4.16. The van der Waals surface area contributed by atoms with Gasteiger partial charge in [-0.3, -0.25) is 4.79 Å². The van der Waals surface area contributed by atoms with E-state index in [1.54, 1.807) is 12.4 Å². The summed E-state index contributed by atoms with van der Waals surface area (Å²) in [7, 11) is 0. The van der Waals surface area contributed by atoms with Crippen molar-refractivity contribution in [3.05, 3.63) is 16.9 Å². The normalized spacial score (nSPS) is 23.1. The minimum atomic E-state index is 0.172. The van der Waals surface area contributed by atoms with Crippen molar-refractivity contribution in [3.8, 4) is 0 Å². The smallest absolute Gasteiger partial charge is 0.227 e. The maximum Gasteiger partial charge on any atom is 0.227 e. The van der Waals surface area contributed by atoms with Crippen molar-refractivity contribution in [1.29, 1.82) is 0 Å². The van der Waals surface area contributed by atoms with Crippen LogP contribution in [0.4, 0.5) is 5.95 Å². The van der Waals surface area contributed by atoms with Gasteiger partial charge in [0.1, 0.15) is 0 Å². The molecule has 3 rings (SSSR count). The fraction of sp³-hybridized carbons (Fsp3) is 0.615. The van der Waals surface area contributed by atoms with E-state index in [-0.39, 0.29) is 5.92 Å². The predicted octanol–water partition coefficient (Wildman–Crippen LogP) is 0.497. The summed E-state index contributed by atoms with van der Waals surface area (Å²) in [6.45, 7) is 4.91. The maximum absolute atomic E-state index is 12.3. The highest BCUT2D eigenvalue weighted by Crippen LogP contribution is 2.16. The molecule has 0 aliphatic carbocycles. The number of nitrogens with zero attached hydrogens (tertiary/aromatic N) is 4. The number of carbonyl (C=O) groups is 1. The van der Waals surface area contributed by atoms with Gasteiger partial charge in [0.05, 0.1) is 10.4 Å². The number of anilines is 1. The summed E-state index contributed by atoms with van der Waals surface area (Å²) in [6.07, 6.45) is 4.48. The molecule has 1 N–H and O–H groups in total. The summed E-state index contributed by atoms with van der Waals surface area (Å²) in [4.78, 5) is 25.0. The second-order valence-corrected chi connectivity index (χ2v) is 6.12. The molecule has 20 heavy (non-hydrogen) atoms. The van der Waals surface area contributed by atoms with Crippen LogP contribution in [0.1, 0.15) is 6.42 Å². The van der Waals surface area contributed by atoms with E-state index in [1.807, 2.05) is 4.90 Å². The van der Waals surface area contributed by atoms with E-state index in [2.05, 4.69) is 36.1 Å².